The molecule has 0 unspecified atom stereocenters. The molecule has 0 bridgehead atoms. The summed E-state index contributed by atoms with van der Waals surface area (Å²) in [5.41, 5.74) is 1.15. The van der Waals surface area contributed by atoms with Crippen molar-refractivity contribution in [2.45, 2.75) is 76.9 Å². The van der Waals surface area contributed by atoms with Crippen LogP contribution in [0.25, 0.3) is 0 Å². The maximum Gasteiger partial charge on any atom is 0.242 e. The average molecular weight is 345 g/mol. The first-order valence-electron chi connectivity index (χ1n) is 9.79. The van der Waals surface area contributed by atoms with Crippen LogP contribution in [0.3, 0.4) is 0 Å². The van der Waals surface area contributed by atoms with Gasteiger partial charge in [-0.2, -0.15) is 0 Å². The Hall–Kier alpha value is -1.78. The van der Waals surface area contributed by atoms with E-state index in [1.165, 1.54) is 0 Å². The van der Waals surface area contributed by atoms with Gasteiger partial charge in [0.15, 0.2) is 0 Å². The quantitative estimate of drug-likeness (QED) is 0.612. The lowest BCUT2D eigenvalue weighted by Gasteiger charge is -2.28. The Morgan fingerprint density at radius 2 is 1.76 bits per heavy atom. The number of aryl methyl sites for hydroxylation is 1. The second-order valence-electron chi connectivity index (χ2n) is 7.57. The minimum Gasteiger partial charge on any atom is -0.353 e. The number of amides is 2. The van der Waals surface area contributed by atoms with Gasteiger partial charge < -0.3 is 14.4 Å². The van der Waals surface area contributed by atoms with E-state index in [4.69, 9.17) is 0 Å². The van der Waals surface area contributed by atoms with Gasteiger partial charge in [-0.15, -0.1) is 0 Å². The summed E-state index contributed by atoms with van der Waals surface area (Å²) in [6.45, 7) is 3.05. The lowest BCUT2D eigenvalue weighted by molar-refractivity contribution is -0.141. The Balaban J connectivity index is 1.60. The van der Waals surface area contributed by atoms with Crippen molar-refractivity contribution in [1.82, 2.24) is 14.4 Å². The van der Waals surface area contributed by atoms with E-state index < -0.39 is 0 Å². The van der Waals surface area contributed by atoms with Gasteiger partial charge in [0, 0.05) is 37.4 Å². The molecule has 3 rings (SSSR count). The lowest BCUT2D eigenvalue weighted by atomic mass is 10.2. The van der Waals surface area contributed by atoms with Crippen molar-refractivity contribution in [3.8, 4) is 0 Å². The van der Waals surface area contributed by atoms with E-state index >= 15 is 0 Å². The van der Waals surface area contributed by atoms with E-state index in [2.05, 4.69) is 17.6 Å². The fraction of sp³-hybridized carbons (Fsp3) is 0.700. The smallest absolute Gasteiger partial charge is 0.242 e. The van der Waals surface area contributed by atoms with Crippen LogP contribution in [0.5, 0.6) is 0 Å². The number of rotatable bonds is 10. The van der Waals surface area contributed by atoms with Gasteiger partial charge in [0.1, 0.15) is 6.54 Å². The van der Waals surface area contributed by atoms with Crippen molar-refractivity contribution < 1.29 is 9.59 Å². The van der Waals surface area contributed by atoms with Crippen LogP contribution in [0.4, 0.5) is 0 Å². The number of hydrogen-bond acceptors (Lipinski definition) is 2. The molecule has 2 amide bonds. The van der Waals surface area contributed by atoms with E-state index in [0.717, 1.165) is 50.6 Å². The fourth-order valence-electron chi connectivity index (χ4n) is 3.36. The van der Waals surface area contributed by atoms with Crippen molar-refractivity contribution in [2.24, 2.45) is 7.05 Å². The number of hydrogen-bond donors (Lipinski definition) is 0. The van der Waals surface area contributed by atoms with Gasteiger partial charge in [0.05, 0.1) is 6.54 Å². The zero-order chi connectivity index (χ0) is 17.8. The Morgan fingerprint density at radius 1 is 1.08 bits per heavy atom. The molecule has 1 aromatic rings. The molecule has 2 saturated carbocycles. The molecule has 5 nitrogen and oxygen atoms in total. The highest BCUT2D eigenvalue weighted by Gasteiger charge is 2.37. The second-order valence-corrected chi connectivity index (χ2v) is 7.57. The van der Waals surface area contributed by atoms with Crippen molar-refractivity contribution in [2.75, 3.05) is 6.54 Å². The highest BCUT2D eigenvalue weighted by molar-refractivity contribution is 5.85. The summed E-state index contributed by atoms with van der Waals surface area (Å²) < 4.78 is 2.07. The number of carbonyl (C=O) groups is 2. The minimum absolute atomic E-state index is 0.111. The van der Waals surface area contributed by atoms with Crippen LogP contribution in [0.1, 0.15) is 64.0 Å². The molecule has 1 heterocycles. The summed E-state index contributed by atoms with van der Waals surface area (Å²) >= 11 is 0. The minimum atomic E-state index is 0.111. The van der Waals surface area contributed by atoms with Crippen molar-refractivity contribution in [3.63, 3.8) is 0 Å². The zero-order valence-electron chi connectivity index (χ0n) is 15.6. The van der Waals surface area contributed by atoms with Crippen LogP contribution < -0.4 is 0 Å². The average Bonchev–Trinajstić information content (AvgIpc) is 3.50. The molecule has 25 heavy (non-hydrogen) atoms. The van der Waals surface area contributed by atoms with Gasteiger partial charge >= 0.3 is 0 Å². The Morgan fingerprint density at radius 3 is 2.32 bits per heavy atom. The third kappa shape index (κ3) is 4.86. The van der Waals surface area contributed by atoms with Crippen LogP contribution in [0, 0.1) is 0 Å². The molecule has 5 heteroatoms. The van der Waals surface area contributed by atoms with E-state index in [1.807, 2.05) is 29.1 Å². The summed E-state index contributed by atoms with van der Waals surface area (Å²) in [6.07, 6.45) is 10.00. The lowest BCUT2D eigenvalue weighted by Crippen LogP contribution is -2.44. The van der Waals surface area contributed by atoms with Gasteiger partial charge in [-0.3, -0.25) is 9.59 Å². The van der Waals surface area contributed by atoms with Gasteiger partial charge in [-0.1, -0.05) is 19.8 Å². The van der Waals surface area contributed by atoms with Crippen LogP contribution in [0.2, 0.25) is 0 Å². The van der Waals surface area contributed by atoms with Crippen LogP contribution in [-0.2, 0) is 23.2 Å². The molecule has 0 aromatic carbocycles. The van der Waals surface area contributed by atoms with E-state index in [0.29, 0.717) is 25.0 Å². The molecular weight excluding hydrogens is 314 g/mol. The summed E-state index contributed by atoms with van der Waals surface area (Å²) in [5, 5.41) is 0. The molecule has 138 valence electrons. The van der Waals surface area contributed by atoms with Crippen molar-refractivity contribution in [1.29, 1.82) is 0 Å². The van der Waals surface area contributed by atoms with E-state index in [1.54, 1.807) is 0 Å². The molecule has 0 spiro atoms. The SMILES string of the molecule is CCCCCC(=O)N(CC(=O)N(Cc1cccn1C)C1CC1)C1CC1. The van der Waals surface area contributed by atoms with Crippen molar-refractivity contribution >= 4 is 11.8 Å². The predicted molar refractivity (Wildman–Crippen MR) is 97.9 cm³/mol. The van der Waals surface area contributed by atoms with E-state index in [-0.39, 0.29) is 18.4 Å². The maximum atomic E-state index is 13.0. The summed E-state index contributed by atoms with van der Waals surface area (Å²) in [4.78, 5) is 29.4. The number of carbonyl (C=O) groups excluding carboxylic acids is 2. The summed E-state index contributed by atoms with van der Waals surface area (Å²) in [5.74, 6) is 0.276. The monoisotopic (exact) mass is 345 g/mol. The third-order valence-electron chi connectivity index (χ3n) is 5.30. The number of aromatic nitrogens is 1. The normalized spacial score (nSPS) is 16.7. The van der Waals surface area contributed by atoms with Crippen molar-refractivity contribution in [3.05, 3.63) is 24.0 Å². The highest BCUT2D eigenvalue weighted by Crippen LogP contribution is 2.31. The summed E-state index contributed by atoms with van der Waals surface area (Å²) in [6, 6.07) is 4.74. The molecule has 2 aliphatic rings. The first-order chi connectivity index (χ1) is 12.1. The molecule has 0 saturated heterocycles. The van der Waals surface area contributed by atoms with Crippen LogP contribution in [0.15, 0.2) is 18.3 Å². The zero-order valence-corrected chi connectivity index (χ0v) is 15.6. The molecule has 1 aromatic heterocycles. The summed E-state index contributed by atoms with van der Waals surface area (Å²) in [7, 11) is 2.01. The Kier molecular flexibility index (Phi) is 5.82. The Labute approximate surface area is 151 Å². The van der Waals surface area contributed by atoms with Crippen LogP contribution >= 0.6 is 0 Å². The number of unbranched alkanes of at least 4 members (excludes halogenated alkanes) is 2. The molecule has 2 fully saturated rings. The fourth-order valence-corrected chi connectivity index (χ4v) is 3.36. The molecule has 2 aliphatic carbocycles. The topological polar surface area (TPSA) is 45.6 Å². The second kappa shape index (κ2) is 8.07. The molecule has 0 aliphatic heterocycles. The number of nitrogens with zero attached hydrogens (tertiary/aromatic N) is 3. The Bertz CT molecular complexity index is 602. The molecule has 0 N–H and O–H groups in total. The largest absolute Gasteiger partial charge is 0.353 e. The van der Waals surface area contributed by atoms with Gasteiger partial charge in [0.25, 0.3) is 0 Å². The molecular formula is C20H31N3O2. The highest BCUT2D eigenvalue weighted by atomic mass is 16.2. The molecule has 0 atom stereocenters. The molecule has 0 radical (unpaired) electrons. The van der Waals surface area contributed by atoms with Crippen LogP contribution in [-0.4, -0.2) is 44.8 Å². The van der Waals surface area contributed by atoms with E-state index in [9.17, 15) is 9.59 Å². The first-order valence-corrected chi connectivity index (χ1v) is 9.79. The first kappa shape index (κ1) is 18.0. The predicted octanol–water partition coefficient (Wildman–Crippen LogP) is 3.09. The van der Waals surface area contributed by atoms with Gasteiger partial charge in [-0.05, 0) is 44.2 Å². The van der Waals surface area contributed by atoms with Gasteiger partial charge in [0.2, 0.25) is 11.8 Å². The third-order valence-corrected chi connectivity index (χ3v) is 5.30. The van der Waals surface area contributed by atoms with Gasteiger partial charge in [-0.25, -0.2) is 0 Å². The maximum absolute atomic E-state index is 13.0. The standard InChI is InChI=1S/C20H31N3O2/c1-3-4-5-8-19(24)23(17-11-12-17)15-20(25)22(16-9-10-16)14-18-7-6-13-21(18)2/h6-7,13,16-17H,3-5,8-12,14-15H2,1-2H3.